The van der Waals surface area contributed by atoms with Gasteiger partial charge < -0.3 is 10.4 Å². The van der Waals surface area contributed by atoms with Crippen molar-refractivity contribution < 1.29 is 14.7 Å². The molecule has 3 rings (SSSR count). The van der Waals surface area contributed by atoms with Gasteiger partial charge in [0.2, 0.25) is 0 Å². The summed E-state index contributed by atoms with van der Waals surface area (Å²) in [7, 11) is 0. The Labute approximate surface area is 108 Å². The summed E-state index contributed by atoms with van der Waals surface area (Å²) in [5.41, 5.74) is 0.976. The number of carbonyl (C=O) groups excluding carboxylic acids is 1. The summed E-state index contributed by atoms with van der Waals surface area (Å²) in [6.45, 7) is 0.165. The Kier molecular flexibility index (Phi) is 2.48. The van der Waals surface area contributed by atoms with Crippen LogP contribution in [0.4, 0.5) is 0 Å². The van der Waals surface area contributed by atoms with Gasteiger partial charge in [-0.1, -0.05) is 0 Å². The number of benzene rings is 1. The molecular formula is C12H12N4O3. The number of aromatic nitrogens is 3. The zero-order valence-corrected chi connectivity index (χ0v) is 10.0. The summed E-state index contributed by atoms with van der Waals surface area (Å²) in [6.07, 6.45) is 1.23. The van der Waals surface area contributed by atoms with Crippen molar-refractivity contribution >= 4 is 22.9 Å². The summed E-state index contributed by atoms with van der Waals surface area (Å²) in [5, 5.41) is 22.0. The molecule has 19 heavy (non-hydrogen) atoms. The quantitative estimate of drug-likeness (QED) is 0.744. The molecule has 0 bridgehead atoms. The number of carboxylic acids is 1. The number of aromatic amines is 1. The fourth-order valence-electron chi connectivity index (χ4n) is 1.95. The number of fused-ring (bicyclic) bond motifs is 1. The second kappa shape index (κ2) is 4.04. The number of rotatable bonds is 4. The SMILES string of the molecule is O=C(NCC1(C(=O)O)CC1)c1ccc2n[nH]nc2c1. The van der Waals surface area contributed by atoms with Crippen LogP contribution in [0.25, 0.3) is 11.0 Å². The van der Waals surface area contributed by atoms with Gasteiger partial charge >= 0.3 is 5.97 Å². The first-order valence-electron chi connectivity index (χ1n) is 5.93. The summed E-state index contributed by atoms with van der Waals surface area (Å²) in [4.78, 5) is 22.9. The first-order chi connectivity index (χ1) is 9.11. The van der Waals surface area contributed by atoms with E-state index in [9.17, 15) is 9.59 Å². The first kappa shape index (κ1) is 11.6. The largest absolute Gasteiger partial charge is 0.481 e. The molecule has 3 N–H and O–H groups in total. The molecule has 98 valence electrons. The number of nitrogens with one attached hydrogen (secondary N) is 2. The fourth-order valence-corrected chi connectivity index (χ4v) is 1.95. The predicted octanol–water partition coefficient (Wildman–Crippen LogP) is 0.552. The smallest absolute Gasteiger partial charge is 0.311 e. The van der Waals surface area contributed by atoms with E-state index in [-0.39, 0.29) is 12.5 Å². The molecule has 1 aromatic carbocycles. The van der Waals surface area contributed by atoms with Crippen LogP contribution in [0.1, 0.15) is 23.2 Å². The van der Waals surface area contributed by atoms with Crippen molar-refractivity contribution in [3.8, 4) is 0 Å². The van der Waals surface area contributed by atoms with Gasteiger partial charge in [0.25, 0.3) is 5.91 Å². The average molecular weight is 260 g/mol. The van der Waals surface area contributed by atoms with Gasteiger partial charge in [-0.25, -0.2) is 0 Å². The van der Waals surface area contributed by atoms with Gasteiger partial charge in [-0.15, -0.1) is 0 Å². The Morgan fingerprint density at radius 2 is 2.05 bits per heavy atom. The van der Waals surface area contributed by atoms with E-state index in [2.05, 4.69) is 20.7 Å². The molecule has 1 aromatic heterocycles. The van der Waals surface area contributed by atoms with E-state index in [4.69, 9.17) is 5.11 Å². The van der Waals surface area contributed by atoms with Gasteiger partial charge in [0, 0.05) is 12.1 Å². The molecule has 0 saturated heterocycles. The minimum atomic E-state index is -0.847. The fraction of sp³-hybridized carbons (Fsp3) is 0.333. The second-order valence-corrected chi connectivity index (χ2v) is 4.80. The third-order valence-corrected chi connectivity index (χ3v) is 3.47. The molecule has 0 spiro atoms. The molecular weight excluding hydrogens is 248 g/mol. The zero-order chi connectivity index (χ0) is 13.5. The van der Waals surface area contributed by atoms with Crippen molar-refractivity contribution in [1.29, 1.82) is 0 Å². The average Bonchev–Trinajstić information content (AvgIpc) is 3.06. The van der Waals surface area contributed by atoms with Crippen molar-refractivity contribution in [3.63, 3.8) is 0 Å². The van der Waals surface area contributed by atoms with Crippen molar-refractivity contribution in [2.45, 2.75) is 12.8 Å². The Morgan fingerprint density at radius 1 is 1.32 bits per heavy atom. The molecule has 7 heteroatoms. The molecule has 0 radical (unpaired) electrons. The van der Waals surface area contributed by atoms with Crippen LogP contribution >= 0.6 is 0 Å². The van der Waals surface area contributed by atoms with Gasteiger partial charge in [0.1, 0.15) is 11.0 Å². The number of aliphatic carboxylic acids is 1. The molecule has 0 aliphatic heterocycles. The van der Waals surface area contributed by atoms with Crippen LogP contribution < -0.4 is 5.32 Å². The van der Waals surface area contributed by atoms with E-state index in [0.29, 0.717) is 29.4 Å². The normalized spacial score (nSPS) is 16.2. The Balaban J connectivity index is 1.71. The highest BCUT2D eigenvalue weighted by atomic mass is 16.4. The molecule has 1 aliphatic rings. The molecule has 1 aliphatic carbocycles. The number of hydrogen-bond donors (Lipinski definition) is 3. The van der Waals surface area contributed by atoms with Gasteiger partial charge in [-0.2, -0.15) is 15.4 Å². The van der Waals surface area contributed by atoms with Crippen LogP contribution in [0.3, 0.4) is 0 Å². The van der Waals surface area contributed by atoms with Crippen molar-refractivity contribution in [2.75, 3.05) is 6.54 Å². The summed E-state index contributed by atoms with van der Waals surface area (Å²) < 4.78 is 0. The predicted molar refractivity (Wildman–Crippen MR) is 65.5 cm³/mol. The second-order valence-electron chi connectivity index (χ2n) is 4.80. The third kappa shape index (κ3) is 2.03. The number of hydrogen-bond acceptors (Lipinski definition) is 4. The summed E-state index contributed by atoms with van der Waals surface area (Å²) in [6, 6.07) is 4.95. The minimum absolute atomic E-state index is 0.165. The molecule has 0 unspecified atom stereocenters. The monoisotopic (exact) mass is 260 g/mol. The number of nitrogens with zero attached hydrogens (tertiary/aromatic N) is 2. The van der Waals surface area contributed by atoms with E-state index in [0.717, 1.165) is 0 Å². The number of amides is 1. The van der Waals surface area contributed by atoms with Gasteiger partial charge in [0.15, 0.2) is 0 Å². The topological polar surface area (TPSA) is 108 Å². The number of carboxylic acid groups (broad SMARTS) is 1. The Morgan fingerprint density at radius 3 is 2.74 bits per heavy atom. The lowest BCUT2D eigenvalue weighted by molar-refractivity contribution is -0.143. The maximum atomic E-state index is 11.9. The van der Waals surface area contributed by atoms with Crippen molar-refractivity contribution in [1.82, 2.24) is 20.7 Å². The highest BCUT2D eigenvalue weighted by Crippen LogP contribution is 2.45. The third-order valence-electron chi connectivity index (χ3n) is 3.47. The van der Waals surface area contributed by atoms with Crippen molar-refractivity contribution in [3.05, 3.63) is 23.8 Å². The molecule has 1 amide bonds. The first-order valence-corrected chi connectivity index (χ1v) is 5.93. The highest BCUT2D eigenvalue weighted by Gasteiger charge is 2.50. The minimum Gasteiger partial charge on any atom is -0.481 e. The Hall–Kier alpha value is -2.44. The number of H-pyrrole nitrogens is 1. The van der Waals surface area contributed by atoms with Crippen LogP contribution in [0.5, 0.6) is 0 Å². The standard InChI is InChI=1S/C12H12N4O3/c17-10(13-6-12(3-4-12)11(18)19)7-1-2-8-9(5-7)15-16-14-8/h1-2,5H,3-4,6H2,(H,13,17)(H,18,19)(H,14,15,16). The molecule has 1 fully saturated rings. The van der Waals surface area contributed by atoms with Crippen LogP contribution in [0.15, 0.2) is 18.2 Å². The molecule has 2 aromatic rings. The molecule has 0 atom stereocenters. The van der Waals surface area contributed by atoms with Gasteiger partial charge in [-0.05, 0) is 31.0 Å². The number of carbonyl (C=O) groups is 2. The highest BCUT2D eigenvalue weighted by molar-refractivity contribution is 5.97. The van der Waals surface area contributed by atoms with Crippen molar-refractivity contribution in [2.24, 2.45) is 5.41 Å². The molecule has 7 nitrogen and oxygen atoms in total. The van der Waals surface area contributed by atoms with Crippen LogP contribution in [0, 0.1) is 5.41 Å². The lowest BCUT2D eigenvalue weighted by atomic mass is 10.1. The zero-order valence-electron chi connectivity index (χ0n) is 10.0. The van der Waals surface area contributed by atoms with Crippen LogP contribution in [0.2, 0.25) is 0 Å². The van der Waals surface area contributed by atoms with E-state index in [1.807, 2.05) is 0 Å². The maximum Gasteiger partial charge on any atom is 0.311 e. The van der Waals surface area contributed by atoms with Gasteiger partial charge in [0.05, 0.1) is 5.41 Å². The van der Waals surface area contributed by atoms with Crippen LogP contribution in [-0.4, -0.2) is 38.9 Å². The Bertz CT molecular complexity index is 660. The van der Waals surface area contributed by atoms with E-state index >= 15 is 0 Å². The van der Waals surface area contributed by atoms with E-state index < -0.39 is 11.4 Å². The molecule has 1 saturated carbocycles. The van der Waals surface area contributed by atoms with Crippen LogP contribution in [-0.2, 0) is 4.79 Å². The molecule has 1 heterocycles. The van der Waals surface area contributed by atoms with E-state index in [1.165, 1.54) is 0 Å². The lowest BCUT2D eigenvalue weighted by Gasteiger charge is -2.10. The van der Waals surface area contributed by atoms with Gasteiger partial charge in [-0.3, -0.25) is 9.59 Å². The lowest BCUT2D eigenvalue weighted by Crippen LogP contribution is -2.34. The maximum absolute atomic E-state index is 11.9. The summed E-state index contributed by atoms with van der Waals surface area (Å²) >= 11 is 0. The summed E-state index contributed by atoms with van der Waals surface area (Å²) in [5.74, 6) is -1.14. The van der Waals surface area contributed by atoms with E-state index in [1.54, 1.807) is 18.2 Å².